The molecule has 2 N–H and O–H groups in total. The molecule has 23 heavy (non-hydrogen) atoms. The highest BCUT2D eigenvalue weighted by Crippen LogP contribution is 2.22. The Morgan fingerprint density at radius 3 is 2.17 bits per heavy atom. The van der Waals surface area contributed by atoms with Gasteiger partial charge in [-0.25, -0.2) is 14.4 Å². The van der Waals surface area contributed by atoms with Crippen molar-refractivity contribution in [2.75, 3.05) is 10.6 Å². The monoisotopic (exact) mass is 308 g/mol. The second-order valence-corrected chi connectivity index (χ2v) is 5.26. The van der Waals surface area contributed by atoms with Gasteiger partial charge in [0.15, 0.2) is 0 Å². The van der Waals surface area contributed by atoms with E-state index in [0.717, 1.165) is 16.9 Å². The van der Waals surface area contributed by atoms with Gasteiger partial charge in [-0.1, -0.05) is 18.2 Å². The maximum Gasteiger partial charge on any atom is 0.136 e. The molecule has 3 rings (SSSR count). The van der Waals surface area contributed by atoms with E-state index in [1.54, 1.807) is 12.1 Å². The maximum atomic E-state index is 13.0. The minimum absolute atomic E-state index is 0.267. The summed E-state index contributed by atoms with van der Waals surface area (Å²) in [6, 6.07) is 16.0. The van der Waals surface area contributed by atoms with Crippen molar-refractivity contribution in [2.24, 2.45) is 0 Å². The number of para-hydroxylation sites is 1. The third kappa shape index (κ3) is 3.83. The zero-order chi connectivity index (χ0) is 16.2. The molecule has 2 aromatic carbocycles. The van der Waals surface area contributed by atoms with E-state index in [4.69, 9.17) is 0 Å². The summed E-state index contributed by atoms with van der Waals surface area (Å²) in [6.45, 7) is 3.87. The minimum atomic E-state index is -0.267. The lowest BCUT2D eigenvalue weighted by Crippen LogP contribution is -2.02. The van der Waals surface area contributed by atoms with Gasteiger partial charge in [-0.3, -0.25) is 0 Å². The lowest BCUT2D eigenvalue weighted by atomic mass is 10.2. The summed E-state index contributed by atoms with van der Waals surface area (Å²) in [4.78, 5) is 8.76. The van der Waals surface area contributed by atoms with Crippen molar-refractivity contribution in [3.63, 3.8) is 0 Å². The Labute approximate surface area is 134 Å². The molecule has 0 saturated carbocycles. The van der Waals surface area contributed by atoms with E-state index < -0.39 is 0 Å². The predicted molar refractivity (Wildman–Crippen MR) is 90.9 cm³/mol. The number of hydrogen-bond donors (Lipinski definition) is 2. The highest BCUT2D eigenvalue weighted by Gasteiger charge is 2.04. The quantitative estimate of drug-likeness (QED) is 0.732. The Morgan fingerprint density at radius 1 is 0.826 bits per heavy atom. The number of nitrogens with one attached hydrogen (secondary N) is 2. The summed E-state index contributed by atoms with van der Waals surface area (Å²) in [5.41, 5.74) is 2.90. The fourth-order valence-corrected chi connectivity index (χ4v) is 2.23. The molecular weight excluding hydrogens is 291 g/mol. The van der Waals surface area contributed by atoms with Crippen LogP contribution in [0.25, 0.3) is 0 Å². The SMILES string of the molecule is Cc1nc(Nc2ccc(F)cc2)cc(Nc2ccccc2C)n1. The smallest absolute Gasteiger partial charge is 0.136 e. The summed E-state index contributed by atoms with van der Waals surface area (Å²) in [6.07, 6.45) is 0. The fraction of sp³-hybridized carbons (Fsp3) is 0.111. The van der Waals surface area contributed by atoms with Crippen LogP contribution in [0.2, 0.25) is 0 Å². The molecule has 3 aromatic rings. The zero-order valence-corrected chi connectivity index (χ0v) is 13.0. The predicted octanol–water partition coefficient (Wildman–Crippen LogP) is 4.72. The second kappa shape index (κ2) is 6.44. The first kappa shape index (κ1) is 15.0. The molecule has 1 heterocycles. The Balaban J connectivity index is 1.84. The molecule has 0 saturated heterocycles. The number of rotatable bonds is 4. The third-order valence-electron chi connectivity index (χ3n) is 3.36. The molecule has 0 unspecified atom stereocenters. The van der Waals surface area contributed by atoms with E-state index in [9.17, 15) is 4.39 Å². The van der Waals surface area contributed by atoms with Gasteiger partial charge in [-0.2, -0.15) is 0 Å². The average molecular weight is 308 g/mol. The highest BCUT2D eigenvalue weighted by atomic mass is 19.1. The molecule has 0 fully saturated rings. The molecule has 0 amide bonds. The van der Waals surface area contributed by atoms with Crippen LogP contribution in [-0.2, 0) is 0 Å². The molecule has 0 atom stereocenters. The normalized spacial score (nSPS) is 10.4. The topological polar surface area (TPSA) is 49.8 Å². The average Bonchev–Trinajstić information content (AvgIpc) is 2.51. The number of nitrogens with zero attached hydrogens (tertiary/aromatic N) is 2. The lowest BCUT2D eigenvalue weighted by Gasteiger charge is -2.11. The van der Waals surface area contributed by atoms with Crippen molar-refractivity contribution >= 4 is 23.0 Å². The Kier molecular flexibility index (Phi) is 4.19. The van der Waals surface area contributed by atoms with Crippen LogP contribution in [0.15, 0.2) is 54.6 Å². The Bertz CT molecular complexity index is 816. The fourth-order valence-electron chi connectivity index (χ4n) is 2.23. The van der Waals surface area contributed by atoms with E-state index in [1.807, 2.05) is 44.2 Å². The van der Waals surface area contributed by atoms with Gasteiger partial charge in [0, 0.05) is 17.4 Å². The molecule has 5 heteroatoms. The van der Waals surface area contributed by atoms with Crippen molar-refractivity contribution in [1.29, 1.82) is 0 Å². The van der Waals surface area contributed by atoms with Crippen LogP contribution < -0.4 is 10.6 Å². The van der Waals surface area contributed by atoms with Gasteiger partial charge in [0.1, 0.15) is 23.3 Å². The van der Waals surface area contributed by atoms with Crippen molar-refractivity contribution < 1.29 is 4.39 Å². The van der Waals surface area contributed by atoms with Gasteiger partial charge < -0.3 is 10.6 Å². The molecular formula is C18H17FN4. The summed E-state index contributed by atoms with van der Waals surface area (Å²) in [7, 11) is 0. The molecule has 1 aromatic heterocycles. The van der Waals surface area contributed by atoms with Crippen molar-refractivity contribution in [2.45, 2.75) is 13.8 Å². The molecule has 0 radical (unpaired) electrons. The molecule has 0 bridgehead atoms. The van der Waals surface area contributed by atoms with E-state index >= 15 is 0 Å². The van der Waals surface area contributed by atoms with Gasteiger partial charge in [-0.15, -0.1) is 0 Å². The lowest BCUT2D eigenvalue weighted by molar-refractivity contribution is 0.628. The van der Waals surface area contributed by atoms with Crippen LogP contribution in [-0.4, -0.2) is 9.97 Å². The Morgan fingerprint density at radius 2 is 1.48 bits per heavy atom. The van der Waals surface area contributed by atoms with E-state index in [0.29, 0.717) is 17.5 Å². The van der Waals surface area contributed by atoms with Crippen LogP contribution in [0, 0.1) is 19.7 Å². The first-order valence-corrected chi connectivity index (χ1v) is 7.31. The highest BCUT2D eigenvalue weighted by molar-refractivity contribution is 5.64. The number of benzene rings is 2. The maximum absolute atomic E-state index is 13.0. The summed E-state index contributed by atoms with van der Waals surface area (Å²) in [5.74, 6) is 1.74. The molecule has 0 spiro atoms. The van der Waals surface area contributed by atoms with Crippen LogP contribution >= 0.6 is 0 Å². The van der Waals surface area contributed by atoms with Gasteiger partial charge >= 0.3 is 0 Å². The van der Waals surface area contributed by atoms with Crippen molar-refractivity contribution in [3.8, 4) is 0 Å². The summed E-state index contributed by atoms with van der Waals surface area (Å²) >= 11 is 0. The number of anilines is 4. The Hall–Kier alpha value is -2.95. The van der Waals surface area contributed by atoms with E-state index in [2.05, 4.69) is 20.6 Å². The largest absolute Gasteiger partial charge is 0.340 e. The number of hydrogen-bond acceptors (Lipinski definition) is 4. The van der Waals surface area contributed by atoms with Crippen molar-refractivity contribution in [3.05, 3.63) is 71.8 Å². The number of aryl methyl sites for hydroxylation is 2. The summed E-state index contributed by atoms with van der Waals surface area (Å²) in [5, 5.41) is 6.45. The van der Waals surface area contributed by atoms with Gasteiger partial charge in [0.2, 0.25) is 0 Å². The van der Waals surface area contributed by atoms with Crippen LogP contribution in [0.1, 0.15) is 11.4 Å². The van der Waals surface area contributed by atoms with Gasteiger partial charge in [-0.05, 0) is 49.7 Å². The first-order valence-electron chi connectivity index (χ1n) is 7.31. The van der Waals surface area contributed by atoms with E-state index in [1.165, 1.54) is 12.1 Å². The molecule has 4 nitrogen and oxygen atoms in total. The van der Waals surface area contributed by atoms with Crippen LogP contribution in [0.5, 0.6) is 0 Å². The van der Waals surface area contributed by atoms with E-state index in [-0.39, 0.29) is 5.82 Å². The van der Waals surface area contributed by atoms with Crippen LogP contribution in [0.3, 0.4) is 0 Å². The second-order valence-electron chi connectivity index (χ2n) is 5.26. The number of aromatic nitrogens is 2. The summed E-state index contributed by atoms with van der Waals surface area (Å²) < 4.78 is 13.0. The number of halogens is 1. The van der Waals surface area contributed by atoms with Crippen LogP contribution in [0.4, 0.5) is 27.4 Å². The third-order valence-corrected chi connectivity index (χ3v) is 3.36. The minimum Gasteiger partial charge on any atom is -0.340 e. The van der Waals surface area contributed by atoms with Gasteiger partial charge in [0.25, 0.3) is 0 Å². The van der Waals surface area contributed by atoms with Crippen molar-refractivity contribution in [1.82, 2.24) is 9.97 Å². The molecule has 116 valence electrons. The standard InChI is InChI=1S/C18H17FN4/c1-12-5-3-4-6-16(12)23-18-11-17(20-13(2)21-18)22-15-9-7-14(19)8-10-15/h3-11H,1-2H3,(H2,20,21,22,23). The zero-order valence-electron chi connectivity index (χ0n) is 13.0. The first-order chi connectivity index (χ1) is 11.1. The van der Waals surface area contributed by atoms with Gasteiger partial charge in [0.05, 0.1) is 0 Å². The molecule has 0 aliphatic carbocycles. The molecule has 0 aliphatic heterocycles. The molecule has 0 aliphatic rings.